The highest BCUT2D eigenvalue weighted by molar-refractivity contribution is 5.72. The number of nitrogens with one attached hydrogen (secondary N) is 1. The van der Waals surface area contributed by atoms with E-state index in [1.807, 2.05) is 30.3 Å². The van der Waals surface area contributed by atoms with Crippen molar-refractivity contribution in [3.8, 4) is 0 Å². The number of esters is 1. The van der Waals surface area contributed by atoms with Gasteiger partial charge in [0.25, 0.3) is 0 Å². The van der Waals surface area contributed by atoms with Gasteiger partial charge in [-0.15, -0.1) is 0 Å². The van der Waals surface area contributed by atoms with Crippen molar-refractivity contribution in [1.82, 2.24) is 5.32 Å². The van der Waals surface area contributed by atoms with E-state index in [4.69, 9.17) is 14.2 Å². The van der Waals surface area contributed by atoms with Gasteiger partial charge in [0.1, 0.15) is 18.4 Å². The summed E-state index contributed by atoms with van der Waals surface area (Å²) in [5.74, 6) is -0.456. The Kier molecular flexibility index (Phi) is 6.85. The molecule has 0 bridgehead atoms. The first kappa shape index (κ1) is 18.0. The van der Waals surface area contributed by atoms with Gasteiger partial charge in [-0.25, -0.2) is 4.79 Å². The van der Waals surface area contributed by atoms with E-state index in [1.54, 1.807) is 20.8 Å². The molecule has 0 saturated heterocycles. The molecule has 22 heavy (non-hydrogen) atoms. The van der Waals surface area contributed by atoms with E-state index in [0.29, 0.717) is 0 Å². The molecule has 0 radical (unpaired) electrons. The number of ether oxygens (including phenoxy) is 3. The van der Waals surface area contributed by atoms with Crippen molar-refractivity contribution in [3.05, 3.63) is 35.9 Å². The van der Waals surface area contributed by atoms with Gasteiger partial charge < -0.3 is 14.2 Å². The van der Waals surface area contributed by atoms with Crippen LogP contribution in [0.2, 0.25) is 0 Å². The van der Waals surface area contributed by atoms with Crippen molar-refractivity contribution in [3.63, 3.8) is 0 Å². The summed E-state index contributed by atoms with van der Waals surface area (Å²) in [6, 6.07) is 9.29. The third-order valence-corrected chi connectivity index (χ3v) is 2.55. The van der Waals surface area contributed by atoms with Crippen LogP contribution in [0.5, 0.6) is 0 Å². The molecule has 6 heteroatoms. The SMILES string of the molecule is COC(CC(=O)OC(C)(C)C)NC(=O)OCc1ccccc1. The van der Waals surface area contributed by atoms with E-state index >= 15 is 0 Å². The average Bonchev–Trinajstić information content (AvgIpc) is 2.43. The molecule has 1 aromatic carbocycles. The van der Waals surface area contributed by atoms with Crippen LogP contribution in [0.25, 0.3) is 0 Å². The quantitative estimate of drug-likeness (QED) is 0.646. The number of methoxy groups -OCH3 is 1. The lowest BCUT2D eigenvalue weighted by Gasteiger charge is -2.22. The molecule has 1 aromatic rings. The van der Waals surface area contributed by atoms with Gasteiger partial charge in [0.05, 0.1) is 6.42 Å². The van der Waals surface area contributed by atoms with E-state index in [9.17, 15) is 9.59 Å². The number of benzene rings is 1. The Morgan fingerprint density at radius 3 is 2.36 bits per heavy atom. The number of hydrogen-bond donors (Lipinski definition) is 1. The fraction of sp³-hybridized carbons (Fsp3) is 0.500. The Labute approximate surface area is 130 Å². The van der Waals surface area contributed by atoms with Crippen LogP contribution in [0.15, 0.2) is 30.3 Å². The number of carbonyl (C=O) groups is 2. The summed E-state index contributed by atoms with van der Waals surface area (Å²) in [5.41, 5.74) is 0.294. The first-order chi connectivity index (χ1) is 10.3. The molecule has 122 valence electrons. The van der Waals surface area contributed by atoms with Crippen LogP contribution in [0.4, 0.5) is 4.79 Å². The maximum Gasteiger partial charge on any atom is 0.409 e. The fourth-order valence-electron chi connectivity index (χ4n) is 1.62. The van der Waals surface area contributed by atoms with E-state index in [-0.39, 0.29) is 13.0 Å². The second-order valence-electron chi connectivity index (χ2n) is 5.72. The summed E-state index contributed by atoms with van der Waals surface area (Å²) in [6.07, 6.45) is -1.54. The lowest BCUT2D eigenvalue weighted by Crippen LogP contribution is -2.39. The summed E-state index contributed by atoms with van der Waals surface area (Å²) < 4.78 is 15.3. The highest BCUT2D eigenvalue weighted by Gasteiger charge is 2.21. The van der Waals surface area contributed by atoms with Crippen LogP contribution >= 0.6 is 0 Å². The molecule has 1 unspecified atom stereocenters. The molecule has 1 amide bonds. The molecule has 0 aliphatic carbocycles. The van der Waals surface area contributed by atoms with E-state index in [1.165, 1.54) is 7.11 Å². The zero-order valence-electron chi connectivity index (χ0n) is 13.4. The van der Waals surface area contributed by atoms with E-state index < -0.39 is 23.9 Å². The number of amides is 1. The normalized spacial score (nSPS) is 12.4. The van der Waals surface area contributed by atoms with Gasteiger partial charge in [0, 0.05) is 7.11 Å². The Bertz CT molecular complexity index is 481. The second-order valence-corrected chi connectivity index (χ2v) is 5.72. The Morgan fingerprint density at radius 2 is 1.82 bits per heavy atom. The van der Waals surface area contributed by atoms with Gasteiger partial charge in [0.15, 0.2) is 0 Å². The largest absolute Gasteiger partial charge is 0.460 e. The van der Waals surface area contributed by atoms with E-state index in [0.717, 1.165) is 5.56 Å². The van der Waals surface area contributed by atoms with Crippen molar-refractivity contribution in [2.24, 2.45) is 0 Å². The van der Waals surface area contributed by atoms with Gasteiger partial charge in [-0.1, -0.05) is 30.3 Å². The van der Waals surface area contributed by atoms with Crippen LogP contribution < -0.4 is 5.32 Å². The van der Waals surface area contributed by atoms with E-state index in [2.05, 4.69) is 5.32 Å². The zero-order chi connectivity index (χ0) is 16.6. The first-order valence-corrected chi connectivity index (χ1v) is 7.02. The molecule has 1 rings (SSSR count). The minimum atomic E-state index is -0.793. The third kappa shape index (κ3) is 7.64. The van der Waals surface area contributed by atoms with Gasteiger partial charge in [-0.2, -0.15) is 0 Å². The molecule has 0 fully saturated rings. The van der Waals surface area contributed by atoms with Crippen molar-refractivity contribution in [2.75, 3.05) is 7.11 Å². The number of hydrogen-bond acceptors (Lipinski definition) is 5. The summed E-state index contributed by atoms with van der Waals surface area (Å²) in [6.45, 7) is 5.46. The standard InChI is InChI=1S/C16H23NO5/c1-16(2,3)22-14(18)10-13(20-4)17-15(19)21-11-12-8-6-5-7-9-12/h5-9,13H,10-11H2,1-4H3,(H,17,19). The number of alkyl carbamates (subject to hydrolysis) is 1. The molecule has 0 heterocycles. The van der Waals surface area contributed by atoms with Crippen LogP contribution in [-0.4, -0.2) is 31.0 Å². The molecule has 1 N–H and O–H groups in total. The van der Waals surface area contributed by atoms with Crippen molar-refractivity contribution >= 4 is 12.1 Å². The zero-order valence-corrected chi connectivity index (χ0v) is 13.4. The predicted octanol–water partition coefficient (Wildman–Crippen LogP) is 2.62. The summed E-state index contributed by atoms with van der Waals surface area (Å²) in [7, 11) is 1.40. The second kappa shape index (κ2) is 8.38. The molecular formula is C16H23NO5. The summed E-state index contributed by atoms with van der Waals surface area (Å²) in [4.78, 5) is 23.4. The number of carbonyl (C=O) groups excluding carboxylic acids is 2. The molecule has 0 saturated carbocycles. The highest BCUT2D eigenvalue weighted by atomic mass is 16.6. The van der Waals surface area contributed by atoms with Gasteiger partial charge in [0.2, 0.25) is 0 Å². The fourth-order valence-corrected chi connectivity index (χ4v) is 1.62. The average molecular weight is 309 g/mol. The van der Waals surface area contributed by atoms with Crippen molar-refractivity contribution in [2.45, 2.75) is 45.6 Å². The molecule has 6 nitrogen and oxygen atoms in total. The topological polar surface area (TPSA) is 73.9 Å². The first-order valence-electron chi connectivity index (χ1n) is 7.02. The van der Waals surface area contributed by atoms with Crippen molar-refractivity contribution < 1.29 is 23.8 Å². The molecule has 0 aliphatic heterocycles. The lowest BCUT2D eigenvalue weighted by atomic mass is 10.2. The van der Waals surface area contributed by atoms with Crippen LogP contribution in [0.3, 0.4) is 0 Å². The lowest BCUT2D eigenvalue weighted by molar-refractivity contribution is -0.157. The molecule has 0 aromatic heterocycles. The summed E-state index contributed by atoms with van der Waals surface area (Å²) >= 11 is 0. The molecular weight excluding hydrogens is 286 g/mol. The maximum atomic E-state index is 11.7. The minimum absolute atomic E-state index is 0.0891. The molecule has 0 aliphatic rings. The van der Waals surface area contributed by atoms with Crippen LogP contribution in [0.1, 0.15) is 32.8 Å². The molecule has 0 spiro atoms. The predicted molar refractivity (Wildman–Crippen MR) is 81.0 cm³/mol. The van der Waals surface area contributed by atoms with Gasteiger partial charge >= 0.3 is 12.1 Å². The smallest absolute Gasteiger partial charge is 0.409 e. The number of rotatable bonds is 6. The maximum absolute atomic E-state index is 11.7. The molecule has 1 atom stereocenters. The summed E-state index contributed by atoms with van der Waals surface area (Å²) in [5, 5.41) is 2.47. The minimum Gasteiger partial charge on any atom is -0.460 e. The highest BCUT2D eigenvalue weighted by Crippen LogP contribution is 2.09. The Balaban J connectivity index is 2.38. The Hall–Kier alpha value is -2.08. The monoisotopic (exact) mass is 309 g/mol. The van der Waals surface area contributed by atoms with Gasteiger partial charge in [-0.3, -0.25) is 10.1 Å². The Morgan fingerprint density at radius 1 is 1.18 bits per heavy atom. The third-order valence-electron chi connectivity index (χ3n) is 2.55. The van der Waals surface area contributed by atoms with Crippen LogP contribution in [0, 0.1) is 0 Å². The van der Waals surface area contributed by atoms with Crippen LogP contribution in [-0.2, 0) is 25.6 Å². The van der Waals surface area contributed by atoms with Crippen molar-refractivity contribution in [1.29, 1.82) is 0 Å². The van der Waals surface area contributed by atoms with Gasteiger partial charge in [-0.05, 0) is 26.3 Å².